The normalized spacial score (nSPS) is 10.8. The van der Waals surface area contributed by atoms with Gasteiger partial charge in [0.05, 0.1) is 5.02 Å². The lowest BCUT2D eigenvalue weighted by Crippen LogP contribution is -1.96. The summed E-state index contributed by atoms with van der Waals surface area (Å²) in [6, 6.07) is 8.12. The highest BCUT2D eigenvalue weighted by atomic mass is 35.5. The number of nitrogens with zero attached hydrogens (tertiary/aromatic N) is 1. The molecule has 3 nitrogen and oxygen atoms in total. The number of anilines is 1. The third kappa shape index (κ3) is 2.48. The van der Waals surface area contributed by atoms with Gasteiger partial charge in [0.1, 0.15) is 17.1 Å². The molecule has 6 heteroatoms. The van der Waals surface area contributed by atoms with E-state index in [1.807, 2.05) is 0 Å². The fraction of sp³-hybridized carbons (Fsp3) is 0. The molecule has 2 N–H and O–H groups in total. The van der Waals surface area contributed by atoms with E-state index in [-0.39, 0.29) is 27.7 Å². The van der Waals surface area contributed by atoms with Crippen LogP contribution in [0.5, 0.6) is 11.5 Å². The molecule has 21 heavy (non-hydrogen) atoms. The lowest BCUT2D eigenvalue weighted by Gasteiger charge is -2.12. The quantitative estimate of drug-likeness (QED) is 0.707. The van der Waals surface area contributed by atoms with Crippen molar-refractivity contribution in [2.45, 2.75) is 0 Å². The molecule has 0 aliphatic heterocycles. The summed E-state index contributed by atoms with van der Waals surface area (Å²) in [6.45, 7) is 0. The summed E-state index contributed by atoms with van der Waals surface area (Å²) in [5.74, 6) is -1.14. The average Bonchev–Trinajstić information content (AvgIpc) is 2.45. The zero-order valence-electron chi connectivity index (χ0n) is 10.6. The Hall–Kier alpha value is -2.40. The molecular formula is C15H9ClF2N2O. The van der Waals surface area contributed by atoms with Gasteiger partial charge in [0, 0.05) is 23.3 Å². The second-order valence-corrected chi connectivity index (χ2v) is 4.76. The van der Waals surface area contributed by atoms with Gasteiger partial charge < -0.3 is 10.5 Å². The Balaban J connectivity index is 2.16. The number of halogens is 3. The third-order valence-corrected chi connectivity index (χ3v) is 3.23. The van der Waals surface area contributed by atoms with Gasteiger partial charge in [-0.15, -0.1) is 0 Å². The van der Waals surface area contributed by atoms with Crippen LogP contribution in [0.2, 0.25) is 5.02 Å². The molecule has 0 aliphatic carbocycles. The van der Waals surface area contributed by atoms with E-state index in [0.717, 1.165) is 12.1 Å². The van der Waals surface area contributed by atoms with Crippen LogP contribution in [0.4, 0.5) is 14.5 Å². The predicted octanol–water partition coefficient (Wildman–Crippen LogP) is 4.54. The highest BCUT2D eigenvalue weighted by molar-refractivity contribution is 6.32. The zero-order valence-corrected chi connectivity index (χ0v) is 11.4. The summed E-state index contributed by atoms with van der Waals surface area (Å²) in [4.78, 5) is 4.08. The van der Waals surface area contributed by atoms with E-state index < -0.39 is 11.6 Å². The Morgan fingerprint density at radius 2 is 1.95 bits per heavy atom. The molecule has 1 aromatic heterocycles. The molecule has 0 saturated heterocycles. The first kappa shape index (κ1) is 13.6. The van der Waals surface area contributed by atoms with Gasteiger partial charge in [-0.05, 0) is 30.3 Å². The Morgan fingerprint density at radius 1 is 1.14 bits per heavy atom. The van der Waals surface area contributed by atoms with Crippen molar-refractivity contribution >= 4 is 28.2 Å². The molecule has 3 aromatic rings. The maximum atomic E-state index is 14.1. The average molecular weight is 307 g/mol. The Bertz CT molecular complexity index is 839. The van der Waals surface area contributed by atoms with Crippen molar-refractivity contribution in [3.63, 3.8) is 0 Å². The van der Waals surface area contributed by atoms with Crippen LogP contribution in [0.1, 0.15) is 0 Å². The third-order valence-electron chi connectivity index (χ3n) is 2.94. The first-order valence-electron chi connectivity index (χ1n) is 6.02. The highest BCUT2D eigenvalue weighted by Gasteiger charge is 2.15. The van der Waals surface area contributed by atoms with E-state index in [2.05, 4.69) is 4.98 Å². The summed E-state index contributed by atoms with van der Waals surface area (Å²) in [5, 5.41) is 0.599. The van der Waals surface area contributed by atoms with Crippen LogP contribution in [0.15, 0.2) is 42.6 Å². The monoisotopic (exact) mass is 306 g/mol. The molecule has 0 amide bonds. The van der Waals surface area contributed by atoms with Gasteiger partial charge in [-0.3, -0.25) is 4.98 Å². The number of pyridine rings is 1. The molecule has 0 spiro atoms. The van der Waals surface area contributed by atoms with E-state index in [9.17, 15) is 8.78 Å². The van der Waals surface area contributed by atoms with E-state index >= 15 is 0 Å². The van der Waals surface area contributed by atoms with Crippen molar-refractivity contribution in [1.29, 1.82) is 0 Å². The number of ether oxygens (including phenoxy) is 1. The van der Waals surface area contributed by atoms with Crippen LogP contribution < -0.4 is 10.5 Å². The van der Waals surface area contributed by atoms with Gasteiger partial charge in [-0.25, -0.2) is 8.78 Å². The smallest absolute Gasteiger partial charge is 0.189 e. The number of aromatic nitrogens is 1. The first-order valence-corrected chi connectivity index (χ1v) is 6.39. The number of benzene rings is 2. The largest absolute Gasteiger partial charge is 0.450 e. The van der Waals surface area contributed by atoms with Gasteiger partial charge in [-0.1, -0.05) is 11.6 Å². The van der Waals surface area contributed by atoms with Crippen molar-refractivity contribution in [2.75, 3.05) is 5.73 Å². The SMILES string of the molecule is Nc1cc(F)c(Oc2ccc(F)cc2Cl)c2ncccc12. The molecule has 3 rings (SSSR count). The minimum atomic E-state index is -0.668. The molecule has 2 aromatic carbocycles. The molecule has 0 fully saturated rings. The zero-order chi connectivity index (χ0) is 15.0. The standard InChI is InChI=1S/C15H9ClF2N2O/c16-10-6-8(17)3-4-13(10)21-15-11(18)7-12(19)9-2-1-5-20-14(9)15/h1-7H,19H2. The topological polar surface area (TPSA) is 48.1 Å². The molecule has 0 unspecified atom stereocenters. The molecule has 0 saturated carbocycles. The minimum absolute atomic E-state index is 0.0373. The van der Waals surface area contributed by atoms with Crippen molar-refractivity contribution in [1.82, 2.24) is 4.98 Å². The summed E-state index contributed by atoms with van der Waals surface area (Å²) >= 11 is 5.88. The van der Waals surface area contributed by atoms with Crippen LogP contribution in [-0.2, 0) is 0 Å². The second-order valence-electron chi connectivity index (χ2n) is 4.35. The lowest BCUT2D eigenvalue weighted by molar-refractivity contribution is 0.446. The van der Waals surface area contributed by atoms with E-state index in [0.29, 0.717) is 5.39 Å². The lowest BCUT2D eigenvalue weighted by atomic mass is 10.1. The van der Waals surface area contributed by atoms with E-state index in [1.54, 1.807) is 12.1 Å². The van der Waals surface area contributed by atoms with Gasteiger partial charge in [-0.2, -0.15) is 0 Å². The van der Waals surface area contributed by atoms with Gasteiger partial charge in [0.25, 0.3) is 0 Å². The van der Waals surface area contributed by atoms with Gasteiger partial charge in [0.2, 0.25) is 0 Å². The highest BCUT2D eigenvalue weighted by Crippen LogP contribution is 2.37. The first-order chi connectivity index (χ1) is 10.1. The maximum Gasteiger partial charge on any atom is 0.189 e. The molecule has 0 aliphatic rings. The number of hydrogen-bond donors (Lipinski definition) is 1. The molecule has 0 bridgehead atoms. The van der Waals surface area contributed by atoms with Crippen LogP contribution in [-0.4, -0.2) is 4.98 Å². The summed E-state index contributed by atoms with van der Waals surface area (Å²) in [7, 11) is 0. The predicted molar refractivity (Wildman–Crippen MR) is 77.6 cm³/mol. The molecule has 106 valence electrons. The van der Waals surface area contributed by atoms with E-state index in [4.69, 9.17) is 22.1 Å². The van der Waals surface area contributed by atoms with Crippen molar-refractivity contribution < 1.29 is 13.5 Å². The number of nitrogen functional groups attached to an aromatic ring is 1. The fourth-order valence-corrected chi connectivity index (χ4v) is 2.18. The number of rotatable bonds is 2. The Kier molecular flexibility index (Phi) is 3.35. The number of fused-ring (bicyclic) bond motifs is 1. The molecule has 0 atom stereocenters. The maximum absolute atomic E-state index is 14.1. The summed E-state index contributed by atoms with van der Waals surface area (Å²) in [6.07, 6.45) is 1.50. The van der Waals surface area contributed by atoms with Crippen molar-refractivity contribution in [3.05, 3.63) is 59.3 Å². The molecule has 1 heterocycles. The Morgan fingerprint density at radius 3 is 2.71 bits per heavy atom. The summed E-state index contributed by atoms with van der Waals surface area (Å²) in [5.41, 5.74) is 6.29. The van der Waals surface area contributed by atoms with Crippen molar-refractivity contribution in [2.24, 2.45) is 0 Å². The van der Waals surface area contributed by atoms with Crippen LogP contribution >= 0.6 is 11.6 Å². The minimum Gasteiger partial charge on any atom is -0.450 e. The van der Waals surface area contributed by atoms with E-state index in [1.165, 1.54) is 18.3 Å². The fourth-order valence-electron chi connectivity index (χ4n) is 1.98. The Labute approximate surface area is 123 Å². The van der Waals surface area contributed by atoms with Crippen LogP contribution in [0.3, 0.4) is 0 Å². The summed E-state index contributed by atoms with van der Waals surface area (Å²) < 4.78 is 32.6. The molecular weight excluding hydrogens is 298 g/mol. The van der Waals surface area contributed by atoms with Gasteiger partial charge >= 0.3 is 0 Å². The second kappa shape index (κ2) is 5.18. The number of hydrogen-bond acceptors (Lipinski definition) is 3. The van der Waals surface area contributed by atoms with Crippen molar-refractivity contribution in [3.8, 4) is 11.5 Å². The number of nitrogens with two attached hydrogens (primary N) is 1. The molecule has 0 radical (unpaired) electrons. The van der Waals surface area contributed by atoms with Gasteiger partial charge in [0.15, 0.2) is 11.6 Å². The van der Waals surface area contributed by atoms with Crippen LogP contribution in [0.25, 0.3) is 10.9 Å². The van der Waals surface area contributed by atoms with Crippen LogP contribution in [0, 0.1) is 11.6 Å².